The molecule has 11 heavy (non-hydrogen) atoms. The molecule has 2 heteroatoms. The molecule has 0 spiro atoms. The number of nitriles is 1. The summed E-state index contributed by atoms with van der Waals surface area (Å²) in [4.78, 5) is 0. The minimum Gasteiger partial charge on any atom is -0.375 e. The van der Waals surface area contributed by atoms with Crippen molar-refractivity contribution < 1.29 is 5.11 Å². The highest BCUT2D eigenvalue weighted by Crippen LogP contribution is 2.43. The predicted octanol–water partition coefficient (Wildman–Crippen LogP) is 1.84. The van der Waals surface area contributed by atoms with Crippen molar-refractivity contribution in [3.05, 3.63) is 0 Å². The molecule has 0 radical (unpaired) electrons. The van der Waals surface area contributed by atoms with Gasteiger partial charge in [-0.05, 0) is 19.3 Å². The number of aliphatic hydroxyl groups is 1. The van der Waals surface area contributed by atoms with Crippen LogP contribution in [0.3, 0.4) is 0 Å². The van der Waals surface area contributed by atoms with E-state index in [1.54, 1.807) is 0 Å². The lowest BCUT2D eigenvalue weighted by atomic mass is 9.66. The fraction of sp³-hybridized carbons (Fsp3) is 0.889. The molecule has 0 aliphatic heterocycles. The second kappa shape index (κ2) is 2.49. The van der Waals surface area contributed by atoms with Crippen LogP contribution in [-0.2, 0) is 0 Å². The van der Waals surface area contributed by atoms with Gasteiger partial charge in [0.1, 0.15) is 0 Å². The molecule has 1 N–H and O–H groups in total. The molecule has 1 aliphatic carbocycles. The van der Waals surface area contributed by atoms with Crippen LogP contribution in [0.4, 0.5) is 0 Å². The molecule has 0 bridgehead atoms. The minimum atomic E-state index is -1.08. The highest BCUT2D eigenvalue weighted by atomic mass is 16.3. The first kappa shape index (κ1) is 8.55. The summed E-state index contributed by atoms with van der Waals surface area (Å²) in [6.45, 7) is 3.94. The summed E-state index contributed by atoms with van der Waals surface area (Å²) < 4.78 is 0. The van der Waals surface area contributed by atoms with Crippen molar-refractivity contribution in [3.63, 3.8) is 0 Å². The maximum Gasteiger partial charge on any atom is 0.156 e. The van der Waals surface area contributed by atoms with Crippen molar-refractivity contribution in [2.75, 3.05) is 0 Å². The lowest BCUT2D eigenvalue weighted by Crippen LogP contribution is -2.45. The van der Waals surface area contributed by atoms with E-state index >= 15 is 0 Å². The third-order valence-electron chi connectivity index (χ3n) is 2.89. The number of rotatable bonds is 0. The van der Waals surface area contributed by atoms with Crippen LogP contribution in [0.15, 0.2) is 0 Å². The maximum absolute atomic E-state index is 9.85. The van der Waals surface area contributed by atoms with Crippen LogP contribution in [0.5, 0.6) is 0 Å². The van der Waals surface area contributed by atoms with E-state index in [0.717, 1.165) is 19.3 Å². The second-order valence-corrected chi connectivity index (χ2v) is 4.06. The van der Waals surface area contributed by atoms with Gasteiger partial charge in [0.05, 0.1) is 6.07 Å². The smallest absolute Gasteiger partial charge is 0.156 e. The van der Waals surface area contributed by atoms with Crippen LogP contribution < -0.4 is 0 Å². The Morgan fingerprint density at radius 3 is 2.18 bits per heavy atom. The first-order valence-corrected chi connectivity index (χ1v) is 4.15. The van der Waals surface area contributed by atoms with E-state index < -0.39 is 5.60 Å². The minimum absolute atomic E-state index is 0.222. The molecule has 1 aliphatic rings. The first-order valence-electron chi connectivity index (χ1n) is 4.15. The number of nitrogens with zero attached hydrogens (tertiary/aromatic N) is 1. The van der Waals surface area contributed by atoms with E-state index in [4.69, 9.17) is 5.26 Å². The van der Waals surface area contributed by atoms with Gasteiger partial charge in [-0.1, -0.05) is 20.3 Å². The van der Waals surface area contributed by atoms with Gasteiger partial charge in [0.25, 0.3) is 0 Å². The molecule has 0 aromatic heterocycles. The zero-order valence-corrected chi connectivity index (χ0v) is 7.22. The molecule has 0 heterocycles. The van der Waals surface area contributed by atoms with E-state index in [9.17, 15) is 5.11 Å². The van der Waals surface area contributed by atoms with Crippen molar-refractivity contribution in [1.29, 1.82) is 5.26 Å². The van der Waals surface area contributed by atoms with Gasteiger partial charge in [-0.25, -0.2) is 0 Å². The Labute approximate surface area is 67.8 Å². The fourth-order valence-electron chi connectivity index (χ4n) is 1.70. The summed E-state index contributed by atoms with van der Waals surface area (Å²) in [6.07, 6.45) is 3.71. The number of hydrogen-bond donors (Lipinski definition) is 1. The van der Waals surface area contributed by atoms with E-state index in [2.05, 4.69) is 0 Å². The third kappa shape index (κ3) is 1.25. The average Bonchev–Trinajstić information content (AvgIpc) is 1.95. The van der Waals surface area contributed by atoms with Crippen LogP contribution in [0.1, 0.15) is 39.5 Å². The Bertz CT molecular complexity index is 192. The zero-order chi connectivity index (χ0) is 8.54. The van der Waals surface area contributed by atoms with Gasteiger partial charge in [-0.2, -0.15) is 5.26 Å². The van der Waals surface area contributed by atoms with Crippen LogP contribution in [0, 0.1) is 16.7 Å². The van der Waals surface area contributed by atoms with Gasteiger partial charge in [0.15, 0.2) is 5.60 Å². The standard InChI is InChI=1S/C9H15NO/c1-8(2)5-3-4-6-9(8,11)7-10/h11H,3-6H2,1-2H3. The summed E-state index contributed by atoms with van der Waals surface area (Å²) >= 11 is 0. The maximum atomic E-state index is 9.85. The molecule has 1 unspecified atom stereocenters. The van der Waals surface area contributed by atoms with Gasteiger partial charge >= 0.3 is 0 Å². The predicted molar refractivity (Wildman–Crippen MR) is 42.8 cm³/mol. The topological polar surface area (TPSA) is 44.0 Å². The van der Waals surface area contributed by atoms with Crippen molar-refractivity contribution in [2.24, 2.45) is 5.41 Å². The molecule has 0 aromatic carbocycles. The van der Waals surface area contributed by atoms with Crippen molar-refractivity contribution in [1.82, 2.24) is 0 Å². The molecule has 0 amide bonds. The quantitative estimate of drug-likeness (QED) is 0.540. The molecule has 62 valence electrons. The molecule has 2 nitrogen and oxygen atoms in total. The Morgan fingerprint density at radius 1 is 1.27 bits per heavy atom. The molecule has 0 aromatic rings. The van der Waals surface area contributed by atoms with Gasteiger partial charge in [-0.15, -0.1) is 0 Å². The molecule has 1 rings (SSSR count). The second-order valence-electron chi connectivity index (χ2n) is 4.06. The molecular formula is C9H15NO. The highest BCUT2D eigenvalue weighted by molar-refractivity contribution is 5.10. The van der Waals surface area contributed by atoms with Crippen LogP contribution >= 0.6 is 0 Å². The Balaban J connectivity index is 2.85. The third-order valence-corrected chi connectivity index (χ3v) is 2.89. The van der Waals surface area contributed by atoms with Crippen LogP contribution in [0.2, 0.25) is 0 Å². The van der Waals surface area contributed by atoms with Gasteiger partial charge in [-0.3, -0.25) is 0 Å². The lowest BCUT2D eigenvalue weighted by molar-refractivity contribution is -0.0497. The monoisotopic (exact) mass is 153 g/mol. The molecule has 1 atom stereocenters. The Hall–Kier alpha value is -0.550. The molecule has 0 saturated heterocycles. The molecular weight excluding hydrogens is 138 g/mol. The SMILES string of the molecule is CC1(C)CCCCC1(O)C#N. The van der Waals surface area contributed by atoms with Gasteiger partial charge < -0.3 is 5.11 Å². The van der Waals surface area contributed by atoms with Crippen molar-refractivity contribution in [2.45, 2.75) is 45.1 Å². The molecule has 1 saturated carbocycles. The summed E-state index contributed by atoms with van der Waals surface area (Å²) in [5.41, 5.74) is -1.30. The Morgan fingerprint density at radius 2 is 1.82 bits per heavy atom. The van der Waals surface area contributed by atoms with Gasteiger partial charge in [0, 0.05) is 5.41 Å². The van der Waals surface area contributed by atoms with Crippen molar-refractivity contribution in [3.8, 4) is 6.07 Å². The number of hydrogen-bond acceptors (Lipinski definition) is 2. The average molecular weight is 153 g/mol. The molecule has 1 fully saturated rings. The van der Waals surface area contributed by atoms with Crippen LogP contribution in [0.25, 0.3) is 0 Å². The zero-order valence-electron chi connectivity index (χ0n) is 7.22. The van der Waals surface area contributed by atoms with E-state index in [1.807, 2.05) is 19.9 Å². The Kier molecular flexibility index (Phi) is 1.94. The summed E-state index contributed by atoms with van der Waals surface area (Å²) in [7, 11) is 0. The first-order chi connectivity index (χ1) is 5.02. The highest BCUT2D eigenvalue weighted by Gasteiger charge is 2.45. The lowest BCUT2D eigenvalue weighted by Gasteiger charge is -2.41. The van der Waals surface area contributed by atoms with Gasteiger partial charge in [0.2, 0.25) is 0 Å². The van der Waals surface area contributed by atoms with E-state index in [-0.39, 0.29) is 5.41 Å². The van der Waals surface area contributed by atoms with Crippen molar-refractivity contribution >= 4 is 0 Å². The normalized spacial score (nSPS) is 36.2. The van der Waals surface area contributed by atoms with E-state index in [0.29, 0.717) is 6.42 Å². The largest absolute Gasteiger partial charge is 0.375 e. The summed E-state index contributed by atoms with van der Waals surface area (Å²) in [5.74, 6) is 0. The van der Waals surface area contributed by atoms with Crippen LogP contribution in [-0.4, -0.2) is 10.7 Å². The summed E-state index contributed by atoms with van der Waals surface area (Å²) in [6, 6.07) is 2.03. The fourth-order valence-corrected chi connectivity index (χ4v) is 1.70. The van der Waals surface area contributed by atoms with E-state index in [1.165, 1.54) is 0 Å². The summed E-state index contributed by atoms with van der Waals surface area (Å²) in [5, 5.41) is 18.6.